The number of benzene rings is 1. The third-order valence-electron chi connectivity index (χ3n) is 2.93. The van der Waals surface area contributed by atoms with Crippen LogP contribution in [0.3, 0.4) is 0 Å². The highest BCUT2D eigenvalue weighted by atomic mass is 16.3. The molecule has 1 saturated carbocycles. The first kappa shape index (κ1) is 9.53. The van der Waals surface area contributed by atoms with Gasteiger partial charge in [0.05, 0.1) is 0 Å². The molecule has 2 rings (SSSR count). The van der Waals surface area contributed by atoms with E-state index in [9.17, 15) is 0 Å². The van der Waals surface area contributed by atoms with Gasteiger partial charge in [-0.15, -0.1) is 0 Å². The van der Waals surface area contributed by atoms with E-state index in [2.05, 4.69) is 0 Å². The summed E-state index contributed by atoms with van der Waals surface area (Å²) in [5, 5.41) is 9.11. The van der Waals surface area contributed by atoms with Gasteiger partial charge in [-0.25, -0.2) is 0 Å². The van der Waals surface area contributed by atoms with E-state index in [0.717, 1.165) is 18.8 Å². The van der Waals surface area contributed by atoms with Crippen LogP contribution in [0.25, 0.3) is 0 Å². The number of rotatable bonds is 4. The third-order valence-corrected chi connectivity index (χ3v) is 2.93. The number of phenols is 1. The normalized spacial score (nSPS) is 18.1. The lowest BCUT2D eigenvalue weighted by Crippen LogP contribution is -2.22. The second kappa shape index (κ2) is 4.01. The maximum atomic E-state index is 9.11. The number of aromatic hydroxyl groups is 1. The monoisotopic (exact) mass is 191 g/mol. The Balaban J connectivity index is 1.82. The van der Waals surface area contributed by atoms with Crippen molar-refractivity contribution in [2.75, 3.05) is 0 Å². The summed E-state index contributed by atoms with van der Waals surface area (Å²) in [6.07, 6.45) is 4.72. The van der Waals surface area contributed by atoms with Crippen LogP contribution < -0.4 is 5.73 Å². The zero-order valence-corrected chi connectivity index (χ0v) is 8.32. The first-order valence-electron chi connectivity index (χ1n) is 5.29. The van der Waals surface area contributed by atoms with Gasteiger partial charge in [-0.3, -0.25) is 0 Å². The Morgan fingerprint density at radius 1 is 1.29 bits per heavy atom. The van der Waals surface area contributed by atoms with Crippen LogP contribution in [0, 0.1) is 5.92 Å². The Morgan fingerprint density at radius 2 is 1.93 bits per heavy atom. The number of aryl methyl sites for hydroxylation is 1. The standard InChI is InChI=1S/C12H17NO/c13-12(10-4-5-10)8-3-9-1-6-11(14)7-2-9/h1-2,6-7,10,12,14H,3-5,8,13H2. The van der Waals surface area contributed by atoms with Crippen molar-refractivity contribution in [2.45, 2.75) is 31.7 Å². The molecule has 2 heteroatoms. The lowest BCUT2D eigenvalue weighted by atomic mass is 10.0. The van der Waals surface area contributed by atoms with E-state index < -0.39 is 0 Å². The van der Waals surface area contributed by atoms with Crippen molar-refractivity contribution in [1.82, 2.24) is 0 Å². The third kappa shape index (κ3) is 2.48. The van der Waals surface area contributed by atoms with Gasteiger partial charge in [-0.05, 0) is 49.3 Å². The van der Waals surface area contributed by atoms with Gasteiger partial charge >= 0.3 is 0 Å². The van der Waals surface area contributed by atoms with Gasteiger partial charge in [-0.2, -0.15) is 0 Å². The van der Waals surface area contributed by atoms with Gasteiger partial charge in [0.2, 0.25) is 0 Å². The zero-order chi connectivity index (χ0) is 9.97. The SMILES string of the molecule is NC(CCc1ccc(O)cc1)C1CC1. The molecular weight excluding hydrogens is 174 g/mol. The average Bonchev–Trinajstić information content (AvgIpc) is 3.00. The highest BCUT2D eigenvalue weighted by molar-refractivity contribution is 5.25. The van der Waals surface area contributed by atoms with E-state index in [1.807, 2.05) is 12.1 Å². The van der Waals surface area contributed by atoms with E-state index in [0.29, 0.717) is 11.8 Å². The smallest absolute Gasteiger partial charge is 0.115 e. The van der Waals surface area contributed by atoms with Crippen molar-refractivity contribution in [3.8, 4) is 5.75 Å². The molecule has 0 aromatic heterocycles. The molecule has 76 valence electrons. The van der Waals surface area contributed by atoms with Gasteiger partial charge in [-0.1, -0.05) is 12.1 Å². The number of nitrogens with two attached hydrogens (primary N) is 1. The van der Waals surface area contributed by atoms with E-state index in [-0.39, 0.29) is 0 Å². The number of hydrogen-bond acceptors (Lipinski definition) is 2. The highest BCUT2D eigenvalue weighted by Gasteiger charge is 2.27. The molecule has 1 fully saturated rings. The summed E-state index contributed by atoms with van der Waals surface area (Å²) in [5.74, 6) is 1.12. The summed E-state index contributed by atoms with van der Waals surface area (Å²) in [6.45, 7) is 0. The van der Waals surface area contributed by atoms with Gasteiger partial charge < -0.3 is 10.8 Å². The summed E-state index contributed by atoms with van der Waals surface area (Å²) >= 11 is 0. The van der Waals surface area contributed by atoms with Gasteiger partial charge in [0, 0.05) is 6.04 Å². The number of phenolic OH excluding ortho intramolecular Hbond substituents is 1. The number of hydrogen-bond donors (Lipinski definition) is 2. The van der Waals surface area contributed by atoms with Crippen LogP contribution in [-0.2, 0) is 6.42 Å². The van der Waals surface area contributed by atoms with E-state index in [1.165, 1.54) is 18.4 Å². The second-order valence-corrected chi connectivity index (χ2v) is 4.21. The van der Waals surface area contributed by atoms with Crippen LogP contribution in [0.1, 0.15) is 24.8 Å². The molecule has 0 heterocycles. The van der Waals surface area contributed by atoms with Crippen LogP contribution in [0.4, 0.5) is 0 Å². The molecule has 0 aliphatic heterocycles. The molecule has 0 amide bonds. The first-order valence-corrected chi connectivity index (χ1v) is 5.29. The minimum absolute atomic E-state index is 0.334. The molecule has 1 aromatic rings. The molecule has 3 N–H and O–H groups in total. The van der Waals surface area contributed by atoms with Crippen LogP contribution in [0.5, 0.6) is 5.75 Å². The summed E-state index contributed by atoms with van der Waals surface area (Å²) in [6, 6.07) is 7.78. The average molecular weight is 191 g/mol. The molecule has 1 aliphatic rings. The quantitative estimate of drug-likeness (QED) is 0.765. The van der Waals surface area contributed by atoms with E-state index >= 15 is 0 Å². The lowest BCUT2D eigenvalue weighted by molar-refractivity contribution is 0.475. The molecule has 1 aromatic carbocycles. The molecule has 0 spiro atoms. The fraction of sp³-hybridized carbons (Fsp3) is 0.500. The molecule has 1 aliphatic carbocycles. The van der Waals surface area contributed by atoms with Crippen LogP contribution >= 0.6 is 0 Å². The Kier molecular flexibility index (Phi) is 2.73. The molecule has 2 nitrogen and oxygen atoms in total. The Hall–Kier alpha value is -1.02. The van der Waals surface area contributed by atoms with E-state index in [4.69, 9.17) is 10.8 Å². The first-order chi connectivity index (χ1) is 6.75. The maximum Gasteiger partial charge on any atom is 0.115 e. The minimum Gasteiger partial charge on any atom is -0.508 e. The summed E-state index contributed by atoms with van der Waals surface area (Å²) < 4.78 is 0. The van der Waals surface area contributed by atoms with Crippen molar-refractivity contribution < 1.29 is 5.11 Å². The molecule has 0 radical (unpaired) electrons. The lowest BCUT2D eigenvalue weighted by Gasteiger charge is -2.09. The van der Waals surface area contributed by atoms with Crippen molar-refractivity contribution in [2.24, 2.45) is 11.7 Å². The fourth-order valence-corrected chi connectivity index (χ4v) is 1.76. The molecule has 0 saturated heterocycles. The van der Waals surface area contributed by atoms with Gasteiger partial charge in [0.15, 0.2) is 0 Å². The van der Waals surface area contributed by atoms with Crippen LogP contribution in [-0.4, -0.2) is 11.1 Å². The molecule has 1 atom stereocenters. The molecule has 14 heavy (non-hydrogen) atoms. The topological polar surface area (TPSA) is 46.2 Å². The summed E-state index contributed by atoms with van der Waals surface area (Å²) in [4.78, 5) is 0. The Bertz CT molecular complexity index is 290. The minimum atomic E-state index is 0.334. The Labute approximate surface area is 84.7 Å². The van der Waals surface area contributed by atoms with Crippen molar-refractivity contribution in [1.29, 1.82) is 0 Å². The maximum absolute atomic E-state index is 9.11. The van der Waals surface area contributed by atoms with Crippen molar-refractivity contribution >= 4 is 0 Å². The predicted molar refractivity (Wildman–Crippen MR) is 57.1 cm³/mol. The van der Waals surface area contributed by atoms with Crippen molar-refractivity contribution in [3.05, 3.63) is 29.8 Å². The second-order valence-electron chi connectivity index (χ2n) is 4.21. The predicted octanol–water partition coefficient (Wildman–Crippen LogP) is 2.06. The van der Waals surface area contributed by atoms with Gasteiger partial charge in [0.1, 0.15) is 5.75 Å². The highest BCUT2D eigenvalue weighted by Crippen LogP contribution is 2.33. The Morgan fingerprint density at radius 3 is 2.50 bits per heavy atom. The molecule has 0 bridgehead atoms. The fourth-order valence-electron chi connectivity index (χ4n) is 1.76. The van der Waals surface area contributed by atoms with Crippen LogP contribution in [0.15, 0.2) is 24.3 Å². The summed E-state index contributed by atoms with van der Waals surface area (Å²) in [5.41, 5.74) is 7.27. The molecule has 1 unspecified atom stereocenters. The van der Waals surface area contributed by atoms with Gasteiger partial charge in [0.25, 0.3) is 0 Å². The zero-order valence-electron chi connectivity index (χ0n) is 8.32. The molecular formula is C12H17NO. The van der Waals surface area contributed by atoms with E-state index in [1.54, 1.807) is 12.1 Å². The largest absolute Gasteiger partial charge is 0.508 e. The summed E-state index contributed by atoms with van der Waals surface area (Å²) in [7, 11) is 0. The van der Waals surface area contributed by atoms with Crippen molar-refractivity contribution in [3.63, 3.8) is 0 Å². The van der Waals surface area contributed by atoms with Crippen LogP contribution in [0.2, 0.25) is 0 Å².